The molecule has 0 atom stereocenters. The zero-order valence-corrected chi connectivity index (χ0v) is 41.0. The van der Waals surface area contributed by atoms with Crippen LogP contribution in [0.15, 0.2) is 120 Å². The van der Waals surface area contributed by atoms with Crippen LogP contribution in [0, 0.1) is 67.1 Å². The first kappa shape index (κ1) is 51.4. The Bertz CT molecular complexity index is 3530. The molecule has 0 aliphatic carbocycles. The van der Waals surface area contributed by atoms with Gasteiger partial charge in [0, 0.05) is 22.3 Å². The van der Waals surface area contributed by atoms with Crippen molar-refractivity contribution in [2.75, 3.05) is 0 Å². The fourth-order valence-corrected chi connectivity index (χ4v) is 7.91. The third-order valence-corrected chi connectivity index (χ3v) is 11.8. The van der Waals surface area contributed by atoms with Crippen LogP contribution >= 0.6 is 56.8 Å². The Labute approximate surface area is 429 Å². The first-order valence-electron chi connectivity index (χ1n) is 20.2. The van der Waals surface area contributed by atoms with Gasteiger partial charge < -0.3 is 5.73 Å². The number of rotatable bonds is 4. The lowest BCUT2D eigenvalue weighted by Crippen LogP contribution is -2.11. The van der Waals surface area contributed by atoms with Crippen LogP contribution in [-0.4, -0.2) is 54.0 Å². The molecule has 0 unspecified atom stereocenters. The van der Waals surface area contributed by atoms with Gasteiger partial charge in [-0.2, -0.15) is 20.7 Å². The van der Waals surface area contributed by atoms with Crippen molar-refractivity contribution < 1.29 is 30.7 Å². The van der Waals surface area contributed by atoms with Crippen LogP contribution in [0.3, 0.4) is 0 Å². The second-order valence-corrected chi connectivity index (χ2v) is 16.9. The minimum Gasteiger partial charge on any atom is -0.383 e. The average molecular weight is 1210 g/mol. The molecule has 24 heteroatoms. The maximum absolute atomic E-state index is 13.6. The average Bonchev–Trinajstić information content (AvgIpc) is 4.11. The van der Waals surface area contributed by atoms with Gasteiger partial charge in [0.05, 0.1) is 84.9 Å². The van der Waals surface area contributed by atoms with E-state index >= 15 is 0 Å². The fraction of sp³-hybridized carbons (Fsp3) is 0.0851. The maximum Gasteiger partial charge on any atom is 0.172 e. The smallest absolute Gasteiger partial charge is 0.172 e. The summed E-state index contributed by atoms with van der Waals surface area (Å²) in [5.41, 5.74) is 10.5. The Morgan fingerprint density at radius 2 is 1.06 bits per heavy atom. The van der Waals surface area contributed by atoms with Gasteiger partial charge in [-0.1, -0.05) is 48.0 Å². The molecule has 2 N–H and O–H groups in total. The van der Waals surface area contributed by atoms with Crippen LogP contribution < -0.4 is 5.73 Å². The van der Waals surface area contributed by atoms with Crippen LogP contribution in [0.4, 0.5) is 30.7 Å². The Kier molecular flexibility index (Phi) is 16.9. The van der Waals surface area contributed by atoms with Crippen LogP contribution in [0.2, 0.25) is 5.15 Å². The predicted octanol–water partition coefficient (Wildman–Crippen LogP) is 10.1. The van der Waals surface area contributed by atoms with Crippen LogP contribution in [0.25, 0.3) is 22.1 Å². The number of nitrogens with zero attached hydrogens (tertiary/aromatic N) is 13. The number of aromatic nitrogens is 9. The van der Waals surface area contributed by atoms with Crippen molar-refractivity contribution in [1.29, 1.82) is 10.5 Å². The lowest BCUT2D eigenvalue weighted by molar-refractivity contribution is 0.587. The summed E-state index contributed by atoms with van der Waals surface area (Å²) in [7, 11) is 0. The summed E-state index contributed by atoms with van der Waals surface area (Å²) in [6.45, 7) is 1.46. The first-order chi connectivity index (χ1) is 34.1. The summed E-state index contributed by atoms with van der Waals surface area (Å²) in [6, 6.07) is 22.8. The SMILES string of the molecule is Fc1cnc2c(c1)C(I)=NC2.Fc1cnc2c(c1)c(I)nn2Cc1ccccc1F.N#Cc1cc(F)cnc1Cl.N#Cc1nn(Cc2ccccc2F)c2ncc(F)cc12.NC1=NCc2ncc(F)cc21. The standard InChI is InChI=1S/C14H8F2N4.C13H8F2IN3.C7H4FIN2.C7H6FN3.C6H2ClFN2/c15-10-5-11-13(6-17)19-20(14(11)18-7-10)8-9-3-1-2-4-12(9)16;14-9-5-10-12(16)18-19(13(10)17-6-9)7-8-3-1-2-4-11(8)15;2*8-4-1-5-6(10-2-4)3-11-7(5)9;7-6-4(2-9)1-5(8)3-10-6/h1-5,7H,8H2;1-6H,7H2;1-2H,3H2;1-2H,3H2,(H2,9,11);1,3H. The highest BCUT2D eigenvalue weighted by molar-refractivity contribution is 14.1. The number of pyridine rings is 5. The van der Waals surface area contributed by atoms with Crippen molar-refractivity contribution in [1.82, 2.24) is 44.5 Å². The van der Waals surface area contributed by atoms with E-state index in [4.69, 9.17) is 27.9 Å². The van der Waals surface area contributed by atoms with Gasteiger partial charge in [-0.05, 0) is 87.6 Å². The monoisotopic (exact) mass is 1210 g/mol. The van der Waals surface area contributed by atoms with Gasteiger partial charge in [0.25, 0.3) is 0 Å². The molecule has 0 spiro atoms. The van der Waals surface area contributed by atoms with E-state index in [1.807, 2.05) is 28.7 Å². The Hall–Kier alpha value is -7.49. The molecule has 0 bridgehead atoms. The van der Waals surface area contributed by atoms with Crippen LogP contribution in [-0.2, 0) is 26.2 Å². The van der Waals surface area contributed by atoms with Crippen LogP contribution in [0.5, 0.6) is 0 Å². The molecule has 14 nitrogen and oxygen atoms in total. The molecular formula is C47H28ClF7I2N14. The van der Waals surface area contributed by atoms with Gasteiger partial charge in [0.15, 0.2) is 17.0 Å². The molecule has 71 heavy (non-hydrogen) atoms. The third-order valence-electron chi connectivity index (χ3n) is 9.79. The number of nitrogens with two attached hydrogens (primary N) is 1. The van der Waals surface area contributed by atoms with Crippen molar-refractivity contribution in [3.8, 4) is 12.1 Å². The lowest BCUT2D eigenvalue weighted by atomic mass is 10.2. The normalized spacial score (nSPS) is 11.7. The van der Waals surface area contributed by atoms with E-state index in [1.165, 1.54) is 53.5 Å². The maximum atomic E-state index is 13.6. The highest BCUT2D eigenvalue weighted by atomic mass is 127. The van der Waals surface area contributed by atoms with Gasteiger partial charge >= 0.3 is 0 Å². The van der Waals surface area contributed by atoms with Crippen molar-refractivity contribution >= 4 is 88.4 Å². The second-order valence-electron chi connectivity index (χ2n) is 14.5. The highest BCUT2D eigenvalue weighted by Crippen LogP contribution is 2.23. The molecule has 7 aromatic heterocycles. The zero-order chi connectivity index (χ0) is 50.8. The summed E-state index contributed by atoms with van der Waals surface area (Å²) in [4.78, 5) is 27.2. The number of nitriles is 2. The van der Waals surface area contributed by atoms with Crippen molar-refractivity contribution in [3.05, 3.63) is 204 Å². The lowest BCUT2D eigenvalue weighted by Gasteiger charge is -2.04. The molecule has 2 aliphatic heterocycles. The van der Waals surface area contributed by atoms with E-state index in [-0.39, 0.29) is 52.8 Å². The highest BCUT2D eigenvalue weighted by Gasteiger charge is 2.17. The quantitative estimate of drug-likeness (QED) is 0.101. The molecule has 0 saturated heterocycles. The van der Waals surface area contributed by atoms with Crippen LogP contribution in [0.1, 0.15) is 44.9 Å². The molecule has 2 aliphatic rings. The van der Waals surface area contributed by atoms with Crippen molar-refractivity contribution in [2.45, 2.75) is 26.2 Å². The number of fused-ring (bicyclic) bond motifs is 4. The van der Waals surface area contributed by atoms with E-state index < -0.39 is 17.5 Å². The van der Waals surface area contributed by atoms with Crippen molar-refractivity contribution in [2.24, 2.45) is 15.7 Å². The molecule has 0 amide bonds. The molecule has 9 aromatic rings. The summed E-state index contributed by atoms with van der Waals surface area (Å²) >= 11 is 9.49. The first-order valence-corrected chi connectivity index (χ1v) is 22.7. The van der Waals surface area contributed by atoms with E-state index in [0.29, 0.717) is 61.4 Å². The third kappa shape index (κ3) is 12.8. The molecule has 2 aromatic carbocycles. The number of aliphatic imine (C=N–C) groups is 2. The summed E-state index contributed by atoms with van der Waals surface area (Å²) in [5.74, 6) is -2.44. The van der Waals surface area contributed by atoms with E-state index in [2.05, 4.69) is 67.7 Å². The Morgan fingerprint density at radius 1 is 0.577 bits per heavy atom. The van der Waals surface area contributed by atoms with Gasteiger partial charge in [0.2, 0.25) is 0 Å². The minimum atomic E-state index is -0.555. The number of hydrogen-bond acceptors (Lipinski definition) is 12. The molecular weight excluding hydrogens is 1180 g/mol. The molecule has 9 heterocycles. The molecule has 356 valence electrons. The molecule has 0 fully saturated rings. The van der Waals surface area contributed by atoms with Gasteiger partial charge in [0.1, 0.15) is 71.3 Å². The minimum absolute atomic E-state index is 0.0314. The largest absolute Gasteiger partial charge is 0.383 e. The van der Waals surface area contributed by atoms with Gasteiger partial charge in [-0.15, -0.1) is 0 Å². The topological polar surface area (TPSA) is 198 Å². The Balaban J connectivity index is 0.000000135. The van der Waals surface area contributed by atoms with E-state index in [1.54, 1.807) is 47.1 Å². The number of halogens is 10. The Morgan fingerprint density at radius 3 is 1.63 bits per heavy atom. The second kappa shape index (κ2) is 23.4. The predicted molar refractivity (Wildman–Crippen MR) is 264 cm³/mol. The van der Waals surface area contributed by atoms with E-state index in [0.717, 1.165) is 45.3 Å². The van der Waals surface area contributed by atoms with E-state index in [9.17, 15) is 30.7 Å². The number of hydrogen-bond donors (Lipinski definition) is 1. The summed E-state index contributed by atoms with van der Waals surface area (Å²) in [5, 5.41) is 26.6. The molecule has 11 rings (SSSR count). The summed E-state index contributed by atoms with van der Waals surface area (Å²) in [6.07, 6.45) is 5.54. The number of benzene rings is 2. The summed E-state index contributed by atoms with van der Waals surface area (Å²) < 4.78 is 95.5. The van der Waals surface area contributed by atoms with Gasteiger partial charge in [-0.25, -0.2) is 55.0 Å². The number of amidine groups is 1. The fourth-order valence-electron chi connectivity index (χ4n) is 6.47. The van der Waals surface area contributed by atoms with Crippen molar-refractivity contribution in [3.63, 3.8) is 0 Å². The molecule has 0 saturated carbocycles. The molecule has 0 radical (unpaired) electrons. The zero-order valence-electron chi connectivity index (χ0n) is 35.9. The van der Waals surface area contributed by atoms with Gasteiger partial charge in [-0.3, -0.25) is 20.0 Å².